The van der Waals surface area contributed by atoms with Gasteiger partial charge in [-0.1, -0.05) is 33.8 Å². The van der Waals surface area contributed by atoms with Crippen LogP contribution in [-0.2, 0) is 22.6 Å². The molecule has 0 atom stereocenters. The van der Waals surface area contributed by atoms with Crippen LogP contribution in [0.1, 0.15) is 61.2 Å². The molecule has 0 bridgehead atoms. The zero-order valence-electron chi connectivity index (χ0n) is 22.0. The fraction of sp³-hybridized carbons (Fsp3) is 0.500. The highest BCUT2D eigenvalue weighted by molar-refractivity contribution is 9.10. The Hall–Kier alpha value is -2.50. The molecular weight excluding hydrogens is 499 g/mol. The van der Waals surface area contributed by atoms with Gasteiger partial charge in [0, 0.05) is 24.7 Å². The molecule has 3 rings (SSSR count). The molecule has 8 heteroatoms. The molecule has 1 aliphatic rings. The molecule has 0 amide bonds. The third-order valence-corrected chi connectivity index (χ3v) is 4.67. The summed E-state index contributed by atoms with van der Waals surface area (Å²) < 4.78 is 20.6. The van der Waals surface area contributed by atoms with E-state index in [4.69, 9.17) is 5.26 Å². The van der Waals surface area contributed by atoms with Crippen LogP contribution in [0.15, 0.2) is 41.0 Å². The van der Waals surface area contributed by atoms with Crippen LogP contribution in [0.5, 0.6) is 0 Å². The molecule has 2 heterocycles. The molecule has 0 saturated carbocycles. The number of hydrogen-bond donors (Lipinski definition) is 0. The quantitative estimate of drug-likeness (QED) is 0.304. The fourth-order valence-corrected chi connectivity index (χ4v) is 3.13. The molecule has 0 saturated heterocycles. The number of carbonyl (C=O) groups excluding carboxylic acids is 1. The summed E-state index contributed by atoms with van der Waals surface area (Å²) in [5.74, 6) is 0.827. The van der Waals surface area contributed by atoms with Crippen LogP contribution in [0.25, 0.3) is 11.3 Å². The van der Waals surface area contributed by atoms with Crippen LogP contribution in [0.2, 0.25) is 0 Å². The summed E-state index contributed by atoms with van der Waals surface area (Å²) in [5, 5.41) is 7.73. The molecule has 1 aliphatic heterocycles. The normalized spacial score (nSPS) is 12.1. The number of rotatable bonds is 2. The van der Waals surface area contributed by atoms with Gasteiger partial charge < -0.3 is 9.30 Å². The molecular formula is C26H40BrFN4O2. The summed E-state index contributed by atoms with van der Waals surface area (Å²) in [6, 6.07) is 8.29. The number of nitrogens with zero attached hydrogens (tertiary/aromatic N) is 4. The van der Waals surface area contributed by atoms with Crippen molar-refractivity contribution < 1.29 is 13.9 Å². The van der Waals surface area contributed by atoms with Crippen molar-refractivity contribution in [2.75, 3.05) is 13.6 Å². The summed E-state index contributed by atoms with van der Waals surface area (Å²) in [5.41, 5.74) is 1.51. The van der Waals surface area contributed by atoms with Crippen molar-refractivity contribution in [3.05, 3.63) is 52.7 Å². The van der Waals surface area contributed by atoms with E-state index in [1.165, 1.54) is 18.2 Å². The topological polar surface area (TPSA) is 71.2 Å². The van der Waals surface area contributed by atoms with Crippen molar-refractivity contribution in [3.63, 3.8) is 0 Å². The van der Waals surface area contributed by atoms with Gasteiger partial charge in [-0.25, -0.2) is 9.37 Å². The van der Waals surface area contributed by atoms with E-state index in [0.717, 1.165) is 41.3 Å². The summed E-state index contributed by atoms with van der Waals surface area (Å²) in [6.07, 6.45) is 3.12. The first-order valence-corrected chi connectivity index (χ1v) is 12.2. The number of fused-ring (bicyclic) bond motifs is 1. The summed E-state index contributed by atoms with van der Waals surface area (Å²) in [4.78, 5) is 16.5. The minimum atomic E-state index is -0.318. The number of aromatic nitrogens is 2. The van der Waals surface area contributed by atoms with E-state index in [9.17, 15) is 9.18 Å². The standard InChI is InChI=1S/C13H13BrFN3.C5H10O2.C4H5N.2C2H6/c1-17-6-7-18-11(8-17)16-12(13(18)14)9-2-4-10(15)5-3-9;1-5(2,3)7-4-6;1-2-3-4-5;2*1-2/h2-5H,6-8H2,1H3;4H,1-3H3;2-3H,1H3;2*1-2H3/b;;3-2+;;. The number of halogens is 2. The molecule has 0 fully saturated rings. The van der Waals surface area contributed by atoms with Gasteiger partial charge in [0.15, 0.2) is 0 Å². The summed E-state index contributed by atoms with van der Waals surface area (Å²) in [6.45, 7) is 18.5. The molecule has 0 unspecified atom stereocenters. The Bertz CT molecular complexity index is 882. The Balaban J connectivity index is 0. The lowest BCUT2D eigenvalue weighted by Gasteiger charge is -2.23. The fourth-order valence-electron chi connectivity index (χ4n) is 2.43. The number of benzene rings is 1. The van der Waals surface area contributed by atoms with Crippen LogP contribution >= 0.6 is 15.9 Å². The van der Waals surface area contributed by atoms with Gasteiger partial charge in [-0.05, 0) is 74.9 Å². The van der Waals surface area contributed by atoms with Crippen LogP contribution in [0.3, 0.4) is 0 Å². The molecule has 2 aromatic rings. The highest BCUT2D eigenvalue weighted by Crippen LogP contribution is 2.30. The van der Waals surface area contributed by atoms with Gasteiger partial charge in [-0.15, -0.1) is 0 Å². The van der Waals surface area contributed by atoms with Gasteiger partial charge in [0.25, 0.3) is 6.47 Å². The predicted molar refractivity (Wildman–Crippen MR) is 142 cm³/mol. The Labute approximate surface area is 213 Å². The minimum Gasteiger partial charge on any atom is -0.462 e. The van der Waals surface area contributed by atoms with Crippen LogP contribution in [0.4, 0.5) is 4.39 Å². The van der Waals surface area contributed by atoms with Crippen molar-refractivity contribution in [2.24, 2.45) is 0 Å². The Morgan fingerprint density at radius 3 is 2.09 bits per heavy atom. The first kappa shape index (κ1) is 33.7. The lowest BCUT2D eigenvalue weighted by molar-refractivity contribution is -0.138. The Kier molecular flexibility index (Phi) is 18.7. The van der Waals surface area contributed by atoms with E-state index in [2.05, 4.69) is 42.2 Å². The van der Waals surface area contributed by atoms with Gasteiger partial charge in [-0.3, -0.25) is 9.69 Å². The van der Waals surface area contributed by atoms with Crippen LogP contribution < -0.4 is 0 Å². The molecule has 1 aromatic heterocycles. The number of ether oxygens (including phenoxy) is 1. The average molecular weight is 540 g/mol. The van der Waals surface area contributed by atoms with Crippen molar-refractivity contribution in [1.29, 1.82) is 5.26 Å². The number of likely N-dealkylation sites (N-methyl/N-ethyl adjacent to an activating group) is 1. The minimum absolute atomic E-state index is 0.224. The number of allylic oxidation sites excluding steroid dienone is 2. The maximum atomic E-state index is 12.9. The second-order valence-electron chi connectivity index (χ2n) is 7.52. The number of imidazole rings is 1. The third-order valence-electron chi connectivity index (χ3n) is 3.86. The maximum Gasteiger partial charge on any atom is 0.293 e. The second-order valence-corrected chi connectivity index (χ2v) is 8.27. The highest BCUT2D eigenvalue weighted by Gasteiger charge is 2.21. The molecule has 1 aromatic carbocycles. The third kappa shape index (κ3) is 13.3. The zero-order chi connectivity index (χ0) is 26.7. The van der Waals surface area contributed by atoms with Gasteiger partial charge in [0.2, 0.25) is 0 Å². The Morgan fingerprint density at radius 1 is 1.15 bits per heavy atom. The lowest BCUT2D eigenvalue weighted by atomic mass is 10.2. The van der Waals surface area contributed by atoms with Gasteiger partial charge in [0.05, 0.1) is 12.6 Å². The largest absolute Gasteiger partial charge is 0.462 e. The highest BCUT2D eigenvalue weighted by atomic mass is 79.9. The van der Waals surface area contributed by atoms with E-state index in [1.54, 1.807) is 18.2 Å². The maximum absolute atomic E-state index is 12.9. The zero-order valence-corrected chi connectivity index (χ0v) is 23.6. The lowest BCUT2D eigenvalue weighted by Crippen LogP contribution is -2.30. The van der Waals surface area contributed by atoms with Crippen LogP contribution in [-0.4, -0.2) is 40.1 Å². The van der Waals surface area contributed by atoms with Gasteiger partial charge in [0.1, 0.15) is 27.5 Å². The van der Waals surface area contributed by atoms with Crippen molar-refractivity contribution in [3.8, 4) is 17.3 Å². The molecule has 0 N–H and O–H groups in total. The van der Waals surface area contributed by atoms with Crippen molar-refractivity contribution in [2.45, 2.75) is 74.1 Å². The molecule has 34 heavy (non-hydrogen) atoms. The van der Waals surface area contributed by atoms with Gasteiger partial charge >= 0.3 is 0 Å². The molecule has 0 radical (unpaired) electrons. The number of hydrogen-bond acceptors (Lipinski definition) is 5. The summed E-state index contributed by atoms with van der Waals surface area (Å²) in [7, 11) is 2.09. The van der Waals surface area contributed by atoms with E-state index >= 15 is 0 Å². The summed E-state index contributed by atoms with van der Waals surface area (Å²) >= 11 is 3.60. The van der Waals surface area contributed by atoms with E-state index in [1.807, 2.05) is 61.5 Å². The second kappa shape index (κ2) is 18.9. The number of carbonyl (C=O) groups is 1. The molecule has 6 nitrogen and oxygen atoms in total. The SMILES string of the molecule is C/C=C/C#N.CC.CC.CC(C)(C)OC=O.CN1CCn2c(nc(-c3ccc(F)cc3)c2Br)C1. The number of nitriles is 1. The van der Waals surface area contributed by atoms with E-state index in [-0.39, 0.29) is 11.4 Å². The monoisotopic (exact) mass is 538 g/mol. The van der Waals surface area contributed by atoms with E-state index < -0.39 is 0 Å². The van der Waals surface area contributed by atoms with E-state index in [0.29, 0.717) is 6.47 Å². The Morgan fingerprint density at radius 2 is 1.71 bits per heavy atom. The van der Waals surface area contributed by atoms with Crippen LogP contribution in [0, 0.1) is 17.1 Å². The van der Waals surface area contributed by atoms with Crippen molar-refractivity contribution >= 4 is 22.4 Å². The molecule has 0 spiro atoms. The van der Waals surface area contributed by atoms with Crippen molar-refractivity contribution in [1.82, 2.24) is 14.5 Å². The first-order valence-electron chi connectivity index (χ1n) is 11.4. The first-order chi connectivity index (χ1) is 16.1. The molecule has 190 valence electrons. The van der Waals surface area contributed by atoms with Gasteiger partial charge in [-0.2, -0.15) is 5.26 Å². The smallest absolute Gasteiger partial charge is 0.293 e. The predicted octanol–water partition coefficient (Wildman–Crippen LogP) is 6.99. The molecule has 0 aliphatic carbocycles. The average Bonchev–Trinajstić information content (AvgIpc) is 3.13.